The van der Waals surface area contributed by atoms with Crippen LogP contribution in [0.1, 0.15) is 38.9 Å². The topological polar surface area (TPSA) is 69.1 Å². The zero-order chi connectivity index (χ0) is 19.5. The summed E-state index contributed by atoms with van der Waals surface area (Å²) in [6.45, 7) is 5.48. The van der Waals surface area contributed by atoms with Crippen molar-refractivity contribution < 1.29 is 18.0 Å². The van der Waals surface area contributed by atoms with Gasteiger partial charge in [-0.25, -0.2) is 4.68 Å². The van der Waals surface area contributed by atoms with Gasteiger partial charge in [0, 0.05) is 25.9 Å². The number of aryl methyl sites for hydroxylation is 1. The fourth-order valence-corrected chi connectivity index (χ4v) is 3.47. The molecule has 1 aromatic rings. The molecule has 1 fully saturated rings. The number of aromatic nitrogens is 3. The summed E-state index contributed by atoms with van der Waals surface area (Å²) in [6.07, 6.45) is -2.99. The van der Waals surface area contributed by atoms with Gasteiger partial charge in [-0.3, -0.25) is 9.69 Å². The molecule has 0 radical (unpaired) electrons. The van der Waals surface area contributed by atoms with Crippen LogP contribution in [0.25, 0.3) is 0 Å². The highest BCUT2D eigenvalue weighted by Crippen LogP contribution is 2.33. The third kappa shape index (κ3) is 5.54. The SMILES string of the molecule is CC(C)Cn1c(CCC(N)=O)nn(CN2CCCC(C(F)(F)F)C2)c1=S. The first kappa shape index (κ1) is 20.9. The fourth-order valence-electron chi connectivity index (χ4n) is 3.19. The molecule has 26 heavy (non-hydrogen) atoms. The van der Waals surface area contributed by atoms with E-state index in [1.54, 1.807) is 9.58 Å². The Hall–Kier alpha value is -1.42. The highest BCUT2D eigenvalue weighted by molar-refractivity contribution is 7.71. The molecule has 1 aliphatic rings. The molecule has 148 valence electrons. The largest absolute Gasteiger partial charge is 0.393 e. The summed E-state index contributed by atoms with van der Waals surface area (Å²) in [4.78, 5) is 12.8. The van der Waals surface area contributed by atoms with Crippen molar-refractivity contribution in [2.75, 3.05) is 13.1 Å². The van der Waals surface area contributed by atoms with Gasteiger partial charge in [0.05, 0.1) is 12.6 Å². The van der Waals surface area contributed by atoms with Crippen LogP contribution in [0, 0.1) is 16.6 Å². The molecule has 1 aliphatic heterocycles. The third-order valence-electron chi connectivity index (χ3n) is 4.44. The summed E-state index contributed by atoms with van der Waals surface area (Å²) in [5.74, 6) is -0.772. The number of likely N-dealkylation sites (tertiary alicyclic amines) is 1. The number of hydrogen-bond acceptors (Lipinski definition) is 4. The van der Waals surface area contributed by atoms with E-state index in [1.807, 2.05) is 18.4 Å². The average molecular weight is 393 g/mol. The Labute approximate surface area is 156 Å². The second-order valence-corrected chi connectivity index (χ2v) is 7.63. The maximum absolute atomic E-state index is 13.0. The van der Waals surface area contributed by atoms with Crippen LogP contribution in [0.3, 0.4) is 0 Å². The van der Waals surface area contributed by atoms with Crippen molar-refractivity contribution in [1.29, 1.82) is 0 Å². The molecule has 1 saturated heterocycles. The minimum absolute atomic E-state index is 0.0427. The Kier molecular flexibility index (Phi) is 6.84. The fraction of sp³-hybridized carbons (Fsp3) is 0.812. The lowest BCUT2D eigenvalue weighted by molar-refractivity contribution is -0.188. The van der Waals surface area contributed by atoms with Crippen LogP contribution >= 0.6 is 12.2 Å². The van der Waals surface area contributed by atoms with Crippen LogP contribution in [-0.4, -0.2) is 44.4 Å². The molecule has 0 saturated carbocycles. The van der Waals surface area contributed by atoms with E-state index in [0.717, 1.165) is 0 Å². The van der Waals surface area contributed by atoms with E-state index < -0.39 is 18.0 Å². The van der Waals surface area contributed by atoms with Crippen LogP contribution in [-0.2, 0) is 24.4 Å². The highest BCUT2D eigenvalue weighted by Gasteiger charge is 2.41. The monoisotopic (exact) mass is 393 g/mol. The van der Waals surface area contributed by atoms with Gasteiger partial charge in [0.15, 0.2) is 4.77 Å². The number of halogens is 3. The molecular weight excluding hydrogens is 367 g/mol. The molecule has 1 aromatic heterocycles. The molecule has 0 aliphatic carbocycles. The number of carbonyl (C=O) groups is 1. The van der Waals surface area contributed by atoms with E-state index in [2.05, 4.69) is 5.10 Å². The molecule has 10 heteroatoms. The molecule has 1 unspecified atom stereocenters. The molecule has 0 bridgehead atoms. The maximum Gasteiger partial charge on any atom is 0.393 e. The number of hydrogen-bond donors (Lipinski definition) is 1. The molecule has 6 nitrogen and oxygen atoms in total. The quantitative estimate of drug-likeness (QED) is 0.724. The molecular formula is C16H26F3N5OS. The van der Waals surface area contributed by atoms with Crippen LogP contribution in [0.2, 0.25) is 0 Å². The van der Waals surface area contributed by atoms with Gasteiger partial charge < -0.3 is 10.3 Å². The first-order chi connectivity index (χ1) is 12.1. The Balaban J connectivity index is 2.18. The third-order valence-corrected chi connectivity index (χ3v) is 4.88. The van der Waals surface area contributed by atoms with Crippen LogP contribution in [0.4, 0.5) is 13.2 Å². The zero-order valence-corrected chi connectivity index (χ0v) is 15.9. The highest BCUT2D eigenvalue weighted by atomic mass is 32.1. The summed E-state index contributed by atoms with van der Waals surface area (Å²) >= 11 is 5.48. The Morgan fingerprint density at radius 3 is 2.69 bits per heavy atom. The minimum Gasteiger partial charge on any atom is -0.370 e. The summed E-state index contributed by atoms with van der Waals surface area (Å²) in [7, 11) is 0. The first-order valence-corrected chi connectivity index (χ1v) is 9.22. The van der Waals surface area contributed by atoms with Gasteiger partial charge >= 0.3 is 6.18 Å². The predicted molar refractivity (Wildman–Crippen MR) is 93.8 cm³/mol. The van der Waals surface area contributed by atoms with Crippen LogP contribution < -0.4 is 5.73 Å². The zero-order valence-electron chi connectivity index (χ0n) is 15.1. The van der Waals surface area contributed by atoms with Gasteiger partial charge in [-0.05, 0) is 37.5 Å². The van der Waals surface area contributed by atoms with E-state index in [1.165, 1.54) is 0 Å². The lowest BCUT2D eigenvalue weighted by atomic mass is 9.98. The van der Waals surface area contributed by atoms with Gasteiger partial charge in [-0.15, -0.1) is 0 Å². The van der Waals surface area contributed by atoms with E-state index >= 15 is 0 Å². The van der Waals surface area contributed by atoms with Crippen molar-refractivity contribution in [2.24, 2.45) is 17.6 Å². The summed E-state index contributed by atoms with van der Waals surface area (Å²) < 4.78 is 42.9. The van der Waals surface area contributed by atoms with Gasteiger partial charge in [0.25, 0.3) is 0 Å². The smallest absolute Gasteiger partial charge is 0.370 e. The maximum atomic E-state index is 13.0. The molecule has 0 spiro atoms. The molecule has 1 amide bonds. The van der Waals surface area contributed by atoms with Crippen molar-refractivity contribution >= 4 is 18.1 Å². The molecule has 2 N–H and O–H groups in total. The molecule has 1 atom stereocenters. The standard InChI is InChI=1S/C16H26F3N5OS/c1-11(2)8-23-14(6-5-13(20)25)21-24(15(23)26)10-22-7-3-4-12(9-22)16(17,18)19/h11-12H,3-10H2,1-2H3,(H2,20,25). The van der Waals surface area contributed by atoms with Crippen molar-refractivity contribution in [1.82, 2.24) is 19.2 Å². The number of nitrogens with two attached hydrogens (primary N) is 1. The molecule has 2 rings (SSSR count). The van der Waals surface area contributed by atoms with Gasteiger partial charge in [-0.1, -0.05) is 13.8 Å². The lowest BCUT2D eigenvalue weighted by Gasteiger charge is -2.33. The number of amides is 1. The number of alkyl halides is 3. The van der Waals surface area contributed by atoms with Crippen LogP contribution in [0.15, 0.2) is 0 Å². The van der Waals surface area contributed by atoms with Crippen molar-refractivity contribution in [3.05, 3.63) is 10.6 Å². The molecule has 0 aromatic carbocycles. The van der Waals surface area contributed by atoms with E-state index in [4.69, 9.17) is 18.0 Å². The van der Waals surface area contributed by atoms with E-state index in [-0.39, 0.29) is 26.1 Å². The Morgan fingerprint density at radius 1 is 1.42 bits per heavy atom. The normalized spacial score (nSPS) is 19.2. The van der Waals surface area contributed by atoms with Gasteiger partial charge in [-0.2, -0.15) is 18.3 Å². The lowest BCUT2D eigenvalue weighted by Crippen LogP contribution is -2.42. The Morgan fingerprint density at radius 2 is 2.12 bits per heavy atom. The van der Waals surface area contributed by atoms with Crippen molar-refractivity contribution in [3.63, 3.8) is 0 Å². The minimum atomic E-state index is -4.18. The number of carbonyl (C=O) groups excluding carboxylic acids is 1. The number of rotatable bonds is 7. The van der Waals surface area contributed by atoms with Crippen LogP contribution in [0.5, 0.6) is 0 Å². The second-order valence-electron chi connectivity index (χ2n) is 7.27. The first-order valence-electron chi connectivity index (χ1n) is 8.81. The summed E-state index contributed by atoms with van der Waals surface area (Å²) in [5.41, 5.74) is 5.22. The summed E-state index contributed by atoms with van der Waals surface area (Å²) in [5, 5.41) is 4.46. The second kappa shape index (κ2) is 8.51. The van der Waals surface area contributed by atoms with Crippen molar-refractivity contribution in [2.45, 2.75) is 58.9 Å². The Bertz CT molecular complexity index is 682. The average Bonchev–Trinajstić information content (AvgIpc) is 2.81. The van der Waals surface area contributed by atoms with E-state index in [9.17, 15) is 18.0 Å². The van der Waals surface area contributed by atoms with Crippen molar-refractivity contribution in [3.8, 4) is 0 Å². The van der Waals surface area contributed by atoms with Gasteiger partial charge in [0.1, 0.15) is 5.82 Å². The molecule has 2 heterocycles. The number of piperidine rings is 1. The van der Waals surface area contributed by atoms with Gasteiger partial charge in [0.2, 0.25) is 5.91 Å². The predicted octanol–water partition coefficient (Wildman–Crippen LogP) is 2.72. The summed E-state index contributed by atoms with van der Waals surface area (Å²) in [6, 6.07) is 0. The number of nitrogens with zero attached hydrogens (tertiary/aromatic N) is 4. The van der Waals surface area contributed by atoms with E-state index in [0.29, 0.717) is 42.4 Å². The number of primary amides is 1.